The van der Waals surface area contributed by atoms with Crippen LogP contribution in [0.15, 0.2) is 18.2 Å². The molecule has 0 spiro atoms. The molecule has 0 aliphatic rings. The van der Waals surface area contributed by atoms with Crippen LogP contribution in [-0.4, -0.2) is 11.5 Å². The fourth-order valence-electron chi connectivity index (χ4n) is 2.84. The maximum absolute atomic E-state index is 4.87. The van der Waals surface area contributed by atoms with E-state index in [1.807, 2.05) is 0 Å². The number of hydrogen-bond acceptors (Lipinski definition) is 2. The number of nitrogens with one attached hydrogen (secondary N) is 1. The third-order valence-corrected chi connectivity index (χ3v) is 3.64. The highest BCUT2D eigenvalue weighted by Crippen LogP contribution is 2.34. The maximum Gasteiger partial charge on any atom is 0.0758 e. The van der Waals surface area contributed by atoms with Crippen molar-refractivity contribution in [3.8, 4) is 0 Å². The van der Waals surface area contributed by atoms with E-state index < -0.39 is 0 Å². The molecule has 2 heteroatoms. The highest BCUT2D eigenvalue weighted by atomic mass is 14.9. The predicted octanol–water partition coefficient (Wildman–Crippen LogP) is 4.66. The smallest absolute Gasteiger partial charge is 0.0758 e. The van der Waals surface area contributed by atoms with Crippen LogP contribution in [0.5, 0.6) is 0 Å². The van der Waals surface area contributed by atoms with Gasteiger partial charge in [0.1, 0.15) is 0 Å². The summed E-state index contributed by atoms with van der Waals surface area (Å²) >= 11 is 0. The van der Waals surface area contributed by atoms with E-state index in [1.165, 1.54) is 22.2 Å². The van der Waals surface area contributed by atoms with E-state index in [4.69, 9.17) is 4.98 Å². The Morgan fingerprint density at radius 2 is 1.95 bits per heavy atom. The van der Waals surface area contributed by atoms with Gasteiger partial charge in [0.15, 0.2) is 0 Å². The van der Waals surface area contributed by atoms with Crippen molar-refractivity contribution in [2.24, 2.45) is 0 Å². The predicted molar refractivity (Wildman–Crippen MR) is 84.1 cm³/mol. The lowest BCUT2D eigenvalue weighted by molar-refractivity contribution is 0.847. The molecule has 0 radical (unpaired) electrons. The molecule has 0 fully saturated rings. The summed E-state index contributed by atoms with van der Waals surface area (Å²) in [6, 6.07) is 6.51. The molecule has 2 nitrogen and oxygen atoms in total. The summed E-state index contributed by atoms with van der Waals surface area (Å²) in [5.41, 5.74) is 6.26. The van der Waals surface area contributed by atoms with Gasteiger partial charge in [0.2, 0.25) is 0 Å². The minimum Gasteiger partial charge on any atom is -0.384 e. The number of aromatic nitrogens is 1. The van der Waals surface area contributed by atoms with Gasteiger partial charge in [-0.1, -0.05) is 39.0 Å². The fraction of sp³-hybridized carbons (Fsp3) is 0.471. The van der Waals surface area contributed by atoms with Crippen molar-refractivity contribution < 1.29 is 0 Å². The normalized spacial score (nSPS) is 11.3. The Bertz CT molecular complexity index is 585. The first-order chi connectivity index (χ1) is 9.10. The van der Waals surface area contributed by atoms with Crippen LogP contribution in [0.2, 0.25) is 0 Å². The van der Waals surface area contributed by atoms with Crippen LogP contribution < -0.4 is 5.32 Å². The number of hydrogen-bond donors (Lipinski definition) is 1. The minimum atomic E-state index is 0.483. The molecule has 102 valence electrons. The van der Waals surface area contributed by atoms with Crippen molar-refractivity contribution in [1.82, 2.24) is 4.98 Å². The number of nitrogens with zero attached hydrogens (tertiary/aromatic N) is 1. The van der Waals surface area contributed by atoms with Gasteiger partial charge in [-0.05, 0) is 37.3 Å². The Morgan fingerprint density at radius 3 is 2.53 bits per heavy atom. The lowest BCUT2D eigenvalue weighted by Gasteiger charge is -2.19. The second kappa shape index (κ2) is 5.60. The molecular weight excluding hydrogens is 232 g/mol. The van der Waals surface area contributed by atoms with Crippen LogP contribution in [0.1, 0.15) is 50.4 Å². The lowest BCUT2D eigenvalue weighted by atomic mass is 9.95. The number of fused-ring (bicyclic) bond motifs is 1. The fourth-order valence-corrected chi connectivity index (χ4v) is 2.84. The Labute approximate surface area is 116 Å². The van der Waals surface area contributed by atoms with Crippen molar-refractivity contribution in [3.63, 3.8) is 0 Å². The van der Waals surface area contributed by atoms with Gasteiger partial charge in [0.05, 0.1) is 5.52 Å². The Kier molecular flexibility index (Phi) is 4.08. The topological polar surface area (TPSA) is 24.9 Å². The molecule has 0 saturated heterocycles. The molecule has 1 heterocycles. The SMILES string of the molecule is CCNc1c(C(C)C)c(C)nc2c(CC)cccc12. The molecule has 0 aliphatic carbocycles. The van der Waals surface area contributed by atoms with Crippen molar-refractivity contribution in [2.75, 3.05) is 11.9 Å². The molecule has 1 N–H and O–H groups in total. The van der Waals surface area contributed by atoms with Crippen LogP contribution in [0.25, 0.3) is 10.9 Å². The lowest BCUT2D eigenvalue weighted by Crippen LogP contribution is -2.07. The molecule has 0 bridgehead atoms. The van der Waals surface area contributed by atoms with Crippen molar-refractivity contribution in [3.05, 3.63) is 35.0 Å². The summed E-state index contributed by atoms with van der Waals surface area (Å²) in [6.07, 6.45) is 1.02. The largest absolute Gasteiger partial charge is 0.384 e. The van der Waals surface area contributed by atoms with E-state index in [1.54, 1.807) is 0 Å². The maximum atomic E-state index is 4.87. The summed E-state index contributed by atoms with van der Waals surface area (Å²) in [6.45, 7) is 11.9. The zero-order chi connectivity index (χ0) is 14.0. The van der Waals surface area contributed by atoms with E-state index in [2.05, 4.69) is 58.1 Å². The van der Waals surface area contributed by atoms with Gasteiger partial charge in [-0.3, -0.25) is 4.98 Å². The van der Waals surface area contributed by atoms with Crippen molar-refractivity contribution in [2.45, 2.75) is 47.0 Å². The monoisotopic (exact) mass is 256 g/mol. The van der Waals surface area contributed by atoms with Crippen LogP contribution >= 0.6 is 0 Å². The van der Waals surface area contributed by atoms with E-state index in [-0.39, 0.29) is 0 Å². The molecule has 2 aromatic rings. The van der Waals surface area contributed by atoms with Crippen LogP contribution in [0.4, 0.5) is 5.69 Å². The van der Waals surface area contributed by atoms with Gasteiger partial charge in [-0.2, -0.15) is 0 Å². The number of para-hydroxylation sites is 1. The first-order valence-corrected chi connectivity index (χ1v) is 7.26. The molecule has 0 unspecified atom stereocenters. The van der Waals surface area contributed by atoms with E-state index >= 15 is 0 Å². The highest BCUT2D eigenvalue weighted by Gasteiger charge is 2.16. The van der Waals surface area contributed by atoms with E-state index in [9.17, 15) is 0 Å². The number of rotatable bonds is 4. The highest BCUT2D eigenvalue weighted by molar-refractivity contribution is 5.95. The van der Waals surface area contributed by atoms with Crippen LogP contribution in [0.3, 0.4) is 0 Å². The third kappa shape index (κ3) is 2.44. The summed E-state index contributed by atoms with van der Waals surface area (Å²) in [7, 11) is 0. The molecule has 0 saturated carbocycles. The summed E-state index contributed by atoms with van der Waals surface area (Å²) in [5.74, 6) is 0.483. The molecule has 0 amide bonds. The number of aryl methyl sites for hydroxylation is 2. The minimum absolute atomic E-state index is 0.483. The van der Waals surface area contributed by atoms with E-state index in [0.717, 1.165) is 24.2 Å². The van der Waals surface area contributed by atoms with Crippen molar-refractivity contribution >= 4 is 16.6 Å². The zero-order valence-corrected chi connectivity index (χ0v) is 12.7. The second-order valence-electron chi connectivity index (χ2n) is 5.34. The standard InChI is InChI=1S/C17H24N2/c1-6-13-9-8-10-14-16(13)19-12(5)15(11(3)4)17(14)18-7-2/h8-11H,6-7H2,1-5H3,(H,18,19). The quantitative estimate of drug-likeness (QED) is 0.860. The van der Waals surface area contributed by atoms with Gasteiger partial charge in [-0.15, -0.1) is 0 Å². The third-order valence-electron chi connectivity index (χ3n) is 3.64. The molecule has 2 rings (SSSR count). The average Bonchev–Trinajstić information content (AvgIpc) is 2.37. The molecule has 19 heavy (non-hydrogen) atoms. The first kappa shape index (κ1) is 13.9. The van der Waals surface area contributed by atoms with Gasteiger partial charge < -0.3 is 5.32 Å². The average molecular weight is 256 g/mol. The first-order valence-electron chi connectivity index (χ1n) is 7.26. The molecular formula is C17H24N2. The molecule has 0 atom stereocenters. The summed E-state index contributed by atoms with van der Waals surface area (Å²) in [4.78, 5) is 4.87. The van der Waals surface area contributed by atoms with Crippen LogP contribution in [-0.2, 0) is 6.42 Å². The number of anilines is 1. The Balaban J connectivity index is 2.84. The van der Waals surface area contributed by atoms with E-state index in [0.29, 0.717) is 5.92 Å². The molecule has 0 aliphatic heterocycles. The van der Waals surface area contributed by atoms with Crippen molar-refractivity contribution in [1.29, 1.82) is 0 Å². The number of pyridine rings is 1. The Morgan fingerprint density at radius 1 is 1.21 bits per heavy atom. The van der Waals surface area contributed by atoms with Gasteiger partial charge in [0.25, 0.3) is 0 Å². The molecule has 1 aromatic heterocycles. The van der Waals surface area contributed by atoms with Crippen LogP contribution in [0, 0.1) is 6.92 Å². The summed E-state index contributed by atoms with van der Waals surface area (Å²) in [5, 5.41) is 4.81. The Hall–Kier alpha value is -1.57. The summed E-state index contributed by atoms with van der Waals surface area (Å²) < 4.78 is 0. The molecule has 1 aromatic carbocycles. The zero-order valence-electron chi connectivity index (χ0n) is 12.7. The van der Waals surface area contributed by atoms with Gasteiger partial charge in [-0.25, -0.2) is 0 Å². The van der Waals surface area contributed by atoms with Gasteiger partial charge >= 0.3 is 0 Å². The number of benzene rings is 1. The van der Waals surface area contributed by atoms with Gasteiger partial charge in [0, 0.05) is 23.3 Å². The second-order valence-corrected chi connectivity index (χ2v) is 5.34.